The fourth-order valence-corrected chi connectivity index (χ4v) is 2.68. The molecule has 0 fully saturated rings. The zero-order valence-electron chi connectivity index (χ0n) is 21.7. The number of unbranched alkanes of at least 4 members (excludes halogenated alkanes) is 12. The lowest BCUT2D eigenvalue weighted by Gasteiger charge is -2.03. The van der Waals surface area contributed by atoms with E-state index in [2.05, 4.69) is 40.0 Å². The van der Waals surface area contributed by atoms with Gasteiger partial charge in [-0.25, -0.2) is 0 Å². The predicted molar refractivity (Wildman–Crippen MR) is 132 cm³/mol. The summed E-state index contributed by atoms with van der Waals surface area (Å²) in [5, 5.41) is 12.9. The maximum Gasteiger partial charge on any atom is 0.246 e. The third kappa shape index (κ3) is 43.4. The van der Waals surface area contributed by atoms with Crippen molar-refractivity contribution in [2.45, 2.75) is 117 Å². The summed E-state index contributed by atoms with van der Waals surface area (Å²) in [7, 11) is 6.25. The third-order valence-electron chi connectivity index (χ3n) is 4.41. The third-order valence-corrected chi connectivity index (χ3v) is 4.41. The van der Waals surface area contributed by atoms with Gasteiger partial charge in [0.2, 0.25) is 5.91 Å². The zero-order valence-corrected chi connectivity index (χ0v) is 21.7. The smallest absolute Gasteiger partial charge is 0.246 e. The average molecular weight is 443 g/mol. The lowest BCUT2D eigenvalue weighted by Crippen LogP contribution is -3.02. The molecule has 0 aromatic carbocycles. The van der Waals surface area contributed by atoms with Crippen LogP contribution in [0, 0.1) is 0 Å². The van der Waals surface area contributed by atoms with Gasteiger partial charge in [-0.2, -0.15) is 0 Å². The second-order valence-corrected chi connectivity index (χ2v) is 8.90. The van der Waals surface area contributed by atoms with Crippen LogP contribution in [-0.2, 0) is 9.59 Å². The number of nitrogens with one attached hydrogen (secondary N) is 2. The Balaban J connectivity index is -0.000000499. The van der Waals surface area contributed by atoms with E-state index in [-0.39, 0.29) is 12.3 Å². The molecule has 0 aliphatic rings. The van der Waals surface area contributed by atoms with Crippen LogP contribution in [0.1, 0.15) is 117 Å². The van der Waals surface area contributed by atoms with Gasteiger partial charge in [-0.3, -0.25) is 4.79 Å². The number of carboxylic acid groups (broad SMARTS) is 1. The van der Waals surface area contributed by atoms with E-state index in [0.717, 1.165) is 25.8 Å². The Morgan fingerprint density at radius 1 is 0.742 bits per heavy atom. The molecule has 0 aliphatic heterocycles. The monoisotopic (exact) mass is 442 g/mol. The summed E-state index contributed by atoms with van der Waals surface area (Å²) in [6, 6.07) is 0. The number of carboxylic acids is 1. The first-order valence-corrected chi connectivity index (χ1v) is 12.6. The van der Waals surface area contributed by atoms with E-state index in [1.807, 2.05) is 6.92 Å². The summed E-state index contributed by atoms with van der Waals surface area (Å²) in [6.07, 6.45) is 17.9. The molecule has 0 saturated carbocycles. The van der Waals surface area contributed by atoms with Crippen molar-refractivity contribution >= 4 is 11.9 Å². The summed E-state index contributed by atoms with van der Waals surface area (Å²) in [6.45, 7) is 10.2. The fraction of sp³-hybridized carbons (Fsp3) is 0.846. The Morgan fingerprint density at radius 2 is 1.10 bits per heavy atom. The van der Waals surface area contributed by atoms with Crippen LogP contribution in [0.4, 0.5) is 0 Å². The first-order chi connectivity index (χ1) is 14.7. The quantitative estimate of drug-likeness (QED) is 0.263. The standard InChI is InChI=1S/C16H32O2.C7H13NO.C3H9N/c1-2-3-4-5-6-7-8-9-10-11-12-13-14-15-16(17)18;1-4-5-8-7(9)6(2)3;1-4(2)3/h2-15H2,1H3,(H,17,18);2,4-5H2,1,3H3,(H,8,9);1-3H3. The molecule has 0 heterocycles. The van der Waals surface area contributed by atoms with Crippen molar-refractivity contribution in [1.29, 1.82) is 0 Å². The molecule has 0 aliphatic carbocycles. The van der Waals surface area contributed by atoms with Gasteiger partial charge in [-0.15, -0.1) is 0 Å². The minimum atomic E-state index is -0.905. The van der Waals surface area contributed by atoms with Crippen molar-refractivity contribution < 1.29 is 19.6 Å². The van der Waals surface area contributed by atoms with E-state index in [4.69, 9.17) is 0 Å². The highest BCUT2D eigenvalue weighted by molar-refractivity contribution is 5.91. The Labute approximate surface area is 194 Å². The van der Waals surface area contributed by atoms with Gasteiger partial charge < -0.3 is 20.1 Å². The number of hydrogen-bond donors (Lipinski definition) is 2. The molecule has 0 unspecified atom stereocenters. The topological polar surface area (TPSA) is 73.7 Å². The van der Waals surface area contributed by atoms with Crippen LogP contribution in [0.3, 0.4) is 0 Å². The van der Waals surface area contributed by atoms with Crippen LogP contribution in [-0.4, -0.2) is 39.6 Å². The second-order valence-electron chi connectivity index (χ2n) is 8.90. The SMILES string of the molecule is C=C(C)C(=O)NCCC.CCCCCCCCCCCCCCCC(=O)[O-].C[NH+](C)C. The lowest BCUT2D eigenvalue weighted by molar-refractivity contribution is -0.836. The number of hydrogen-bond acceptors (Lipinski definition) is 3. The number of aliphatic carboxylic acids is 1. The van der Waals surface area contributed by atoms with Crippen LogP contribution in [0.2, 0.25) is 0 Å². The number of quaternary nitrogens is 1. The maximum absolute atomic E-state index is 10.7. The summed E-state index contributed by atoms with van der Waals surface area (Å²) >= 11 is 0. The summed E-state index contributed by atoms with van der Waals surface area (Å²) < 4.78 is 0. The van der Waals surface area contributed by atoms with Crippen LogP contribution in [0.5, 0.6) is 0 Å². The van der Waals surface area contributed by atoms with E-state index in [9.17, 15) is 14.7 Å². The van der Waals surface area contributed by atoms with Gasteiger partial charge in [0.1, 0.15) is 0 Å². The predicted octanol–water partition coefficient (Wildman–Crippen LogP) is 4.07. The molecule has 186 valence electrons. The van der Waals surface area contributed by atoms with Crippen LogP contribution in [0.25, 0.3) is 0 Å². The molecule has 5 nitrogen and oxygen atoms in total. The highest BCUT2D eigenvalue weighted by Gasteiger charge is 1.96. The Hall–Kier alpha value is -1.36. The Morgan fingerprint density at radius 3 is 1.39 bits per heavy atom. The van der Waals surface area contributed by atoms with Crippen molar-refractivity contribution in [3.05, 3.63) is 12.2 Å². The van der Waals surface area contributed by atoms with E-state index >= 15 is 0 Å². The first-order valence-electron chi connectivity index (χ1n) is 12.6. The van der Waals surface area contributed by atoms with Gasteiger partial charge in [-0.05, 0) is 26.2 Å². The van der Waals surface area contributed by atoms with E-state index in [1.54, 1.807) is 6.92 Å². The zero-order chi connectivity index (χ0) is 24.3. The second kappa shape index (κ2) is 28.6. The van der Waals surface area contributed by atoms with Crippen LogP contribution >= 0.6 is 0 Å². The number of carbonyl (C=O) groups excluding carboxylic acids is 2. The van der Waals surface area contributed by atoms with Gasteiger partial charge in [-0.1, -0.05) is 97.5 Å². The van der Waals surface area contributed by atoms with Gasteiger partial charge in [0.25, 0.3) is 0 Å². The molecule has 2 N–H and O–H groups in total. The largest absolute Gasteiger partial charge is 0.550 e. The molecule has 0 saturated heterocycles. The molecule has 0 atom stereocenters. The Kier molecular flexibility index (Phi) is 31.6. The minimum Gasteiger partial charge on any atom is -0.550 e. The first kappa shape index (κ1) is 34.3. The number of amides is 1. The Bertz CT molecular complexity index is 407. The fourth-order valence-electron chi connectivity index (χ4n) is 2.68. The normalized spacial score (nSPS) is 9.90. The summed E-state index contributed by atoms with van der Waals surface area (Å²) in [4.78, 5) is 22.3. The van der Waals surface area contributed by atoms with Crippen molar-refractivity contribution in [3.63, 3.8) is 0 Å². The van der Waals surface area contributed by atoms with Gasteiger partial charge in [0.05, 0.1) is 21.1 Å². The molecule has 0 spiro atoms. The number of carbonyl (C=O) groups is 2. The van der Waals surface area contributed by atoms with Gasteiger partial charge in [0, 0.05) is 18.1 Å². The van der Waals surface area contributed by atoms with Gasteiger partial charge in [0.15, 0.2) is 0 Å². The van der Waals surface area contributed by atoms with E-state index in [1.165, 1.54) is 75.5 Å². The molecule has 0 aromatic rings. The molecule has 0 rings (SSSR count). The minimum absolute atomic E-state index is 0.0446. The molecule has 5 heteroatoms. The molecule has 0 bridgehead atoms. The molecule has 0 radical (unpaired) electrons. The molecule has 0 aromatic heterocycles. The molecule has 1 amide bonds. The molecular formula is C26H54N2O3. The highest BCUT2D eigenvalue weighted by atomic mass is 16.4. The molecule has 31 heavy (non-hydrogen) atoms. The average Bonchev–Trinajstić information content (AvgIpc) is 2.69. The van der Waals surface area contributed by atoms with E-state index in [0.29, 0.717) is 5.57 Å². The van der Waals surface area contributed by atoms with Crippen molar-refractivity contribution in [3.8, 4) is 0 Å². The lowest BCUT2D eigenvalue weighted by atomic mass is 10.0. The van der Waals surface area contributed by atoms with Crippen molar-refractivity contribution in [2.75, 3.05) is 27.7 Å². The molecular weight excluding hydrogens is 388 g/mol. The van der Waals surface area contributed by atoms with E-state index < -0.39 is 5.97 Å². The number of rotatable bonds is 17. The van der Waals surface area contributed by atoms with Crippen LogP contribution < -0.4 is 15.3 Å². The van der Waals surface area contributed by atoms with Crippen molar-refractivity contribution in [2.24, 2.45) is 0 Å². The van der Waals surface area contributed by atoms with Gasteiger partial charge >= 0.3 is 0 Å². The van der Waals surface area contributed by atoms with Crippen LogP contribution in [0.15, 0.2) is 12.2 Å². The summed E-state index contributed by atoms with van der Waals surface area (Å²) in [5.41, 5.74) is 0.573. The maximum atomic E-state index is 10.7. The summed E-state index contributed by atoms with van der Waals surface area (Å²) in [5.74, 6) is -0.949. The van der Waals surface area contributed by atoms with Crippen molar-refractivity contribution in [1.82, 2.24) is 5.32 Å². The highest BCUT2D eigenvalue weighted by Crippen LogP contribution is 2.12.